The van der Waals surface area contributed by atoms with Crippen LogP contribution in [-0.2, 0) is 6.42 Å². The molecule has 0 aliphatic carbocycles. The minimum atomic E-state index is 0.756. The van der Waals surface area contributed by atoms with E-state index < -0.39 is 0 Å². The van der Waals surface area contributed by atoms with Gasteiger partial charge < -0.3 is 0 Å². The summed E-state index contributed by atoms with van der Waals surface area (Å²) in [7, 11) is 0. The van der Waals surface area contributed by atoms with Crippen LogP contribution in [0.2, 0.25) is 5.02 Å². The van der Waals surface area contributed by atoms with Gasteiger partial charge in [-0.05, 0) is 35.9 Å². The highest BCUT2D eigenvalue weighted by Crippen LogP contribution is 2.19. The fourth-order valence-electron chi connectivity index (χ4n) is 1.99. The summed E-state index contributed by atoms with van der Waals surface area (Å²) in [5.74, 6) is 0. The first-order valence-electron chi connectivity index (χ1n) is 6.00. The SMILES string of the molecule is Clc1cccc(Cc2cc(-c3ccncc3)n[nH]2)c1. The lowest BCUT2D eigenvalue weighted by Crippen LogP contribution is -1.87. The second kappa shape index (κ2) is 5.24. The number of halogens is 1. The number of aromatic nitrogens is 3. The van der Waals surface area contributed by atoms with E-state index >= 15 is 0 Å². The van der Waals surface area contributed by atoms with Gasteiger partial charge in [-0.1, -0.05) is 23.7 Å². The number of nitrogens with one attached hydrogen (secondary N) is 1. The molecule has 94 valence electrons. The molecule has 0 fully saturated rings. The molecule has 0 saturated heterocycles. The predicted octanol–water partition coefficient (Wildman–Crippen LogP) is 3.72. The standard InChI is InChI=1S/C15H12ClN3/c16-13-3-1-2-11(8-13)9-14-10-15(19-18-14)12-4-6-17-7-5-12/h1-8,10H,9H2,(H,18,19). The molecule has 1 N–H and O–H groups in total. The molecule has 0 aliphatic heterocycles. The fourth-order valence-corrected chi connectivity index (χ4v) is 2.20. The van der Waals surface area contributed by atoms with Crippen LogP contribution in [0.15, 0.2) is 54.9 Å². The lowest BCUT2D eigenvalue weighted by atomic mass is 10.1. The van der Waals surface area contributed by atoms with Gasteiger partial charge in [0.1, 0.15) is 0 Å². The average Bonchev–Trinajstić information content (AvgIpc) is 2.88. The quantitative estimate of drug-likeness (QED) is 0.787. The molecule has 0 amide bonds. The Bertz CT molecular complexity index is 677. The van der Waals surface area contributed by atoms with Crippen molar-refractivity contribution >= 4 is 11.6 Å². The van der Waals surface area contributed by atoms with Gasteiger partial charge in [0, 0.05) is 35.1 Å². The zero-order chi connectivity index (χ0) is 13.1. The largest absolute Gasteiger partial charge is 0.282 e. The van der Waals surface area contributed by atoms with Crippen molar-refractivity contribution in [2.45, 2.75) is 6.42 Å². The Morgan fingerprint density at radius 2 is 1.89 bits per heavy atom. The molecular formula is C15H12ClN3. The Morgan fingerprint density at radius 3 is 2.68 bits per heavy atom. The summed E-state index contributed by atoms with van der Waals surface area (Å²) < 4.78 is 0. The van der Waals surface area contributed by atoms with Crippen LogP contribution in [0, 0.1) is 0 Å². The van der Waals surface area contributed by atoms with E-state index in [0.29, 0.717) is 0 Å². The van der Waals surface area contributed by atoms with Crippen molar-refractivity contribution in [1.29, 1.82) is 0 Å². The lowest BCUT2D eigenvalue weighted by Gasteiger charge is -1.98. The van der Waals surface area contributed by atoms with Crippen molar-refractivity contribution in [2.75, 3.05) is 0 Å². The fraction of sp³-hybridized carbons (Fsp3) is 0.0667. The summed E-state index contributed by atoms with van der Waals surface area (Å²) in [5.41, 5.74) is 4.22. The summed E-state index contributed by atoms with van der Waals surface area (Å²) in [6, 6.07) is 13.8. The zero-order valence-electron chi connectivity index (χ0n) is 10.2. The predicted molar refractivity (Wildman–Crippen MR) is 76.1 cm³/mol. The molecule has 0 radical (unpaired) electrons. The maximum absolute atomic E-state index is 5.98. The number of rotatable bonds is 3. The molecule has 2 heterocycles. The maximum Gasteiger partial charge on any atom is 0.0924 e. The van der Waals surface area contributed by atoms with Crippen LogP contribution in [-0.4, -0.2) is 15.2 Å². The summed E-state index contributed by atoms with van der Waals surface area (Å²) in [6.07, 6.45) is 4.32. The Morgan fingerprint density at radius 1 is 1.05 bits per heavy atom. The first-order valence-corrected chi connectivity index (χ1v) is 6.38. The molecule has 3 rings (SSSR count). The molecule has 0 bridgehead atoms. The summed E-state index contributed by atoms with van der Waals surface area (Å²) in [4.78, 5) is 4.00. The molecule has 0 aliphatic rings. The summed E-state index contributed by atoms with van der Waals surface area (Å²) >= 11 is 5.98. The Balaban J connectivity index is 1.82. The van der Waals surface area contributed by atoms with E-state index in [0.717, 1.165) is 34.0 Å². The molecular weight excluding hydrogens is 258 g/mol. The van der Waals surface area contributed by atoms with Gasteiger partial charge in [-0.2, -0.15) is 5.10 Å². The summed E-state index contributed by atoms with van der Waals surface area (Å²) in [6.45, 7) is 0. The van der Waals surface area contributed by atoms with Crippen LogP contribution in [0.3, 0.4) is 0 Å². The second-order valence-electron chi connectivity index (χ2n) is 4.32. The van der Waals surface area contributed by atoms with Crippen LogP contribution in [0.1, 0.15) is 11.3 Å². The second-order valence-corrected chi connectivity index (χ2v) is 4.76. The molecule has 3 aromatic rings. The van der Waals surface area contributed by atoms with Crippen LogP contribution in [0.4, 0.5) is 0 Å². The van der Waals surface area contributed by atoms with E-state index in [9.17, 15) is 0 Å². The van der Waals surface area contributed by atoms with Crippen molar-refractivity contribution in [1.82, 2.24) is 15.2 Å². The van der Waals surface area contributed by atoms with E-state index in [1.165, 1.54) is 0 Å². The molecule has 3 nitrogen and oxygen atoms in total. The smallest absolute Gasteiger partial charge is 0.0924 e. The number of H-pyrrole nitrogens is 1. The van der Waals surface area contributed by atoms with Crippen molar-refractivity contribution < 1.29 is 0 Å². The molecule has 2 aromatic heterocycles. The van der Waals surface area contributed by atoms with Crippen LogP contribution < -0.4 is 0 Å². The zero-order valence-corrected chi connectivity index (χ0v) is 10.9. The van der Waals surface area contributed by atoms with E-state index in [4.69, 9.17) is 11.6 Å². The first-order chi connectivity index (χ1) is 9.31. The molecule has 0 saturated carbocycles. The van der Waals surface area contributed by atoms with Gasteiger partial charge in [0.15, 0.2) is 0 Å². The lowest BCUT2D eigenvalue weighted by molar-refractivity contribution is 0.998. The van der Waals surface area contributed by atoms with E-state index in [1.54, 1.807) is 12.4 Å². The Kier molecular flexibility index (Phi) is 3.29. The number of benzene rings is 1. The van der Waals surface area contributed by atoms with E-state index in [1.807, 2.05) is 30.3 Å². The molecule has 1 aromatic carbocycles. The van der Waals surface area contributed by atoms with Crippen molar-refractivity contribution in [3.05, 3.63) is 71.1 Å². The average molecular weight is 270 g/mol. The third kappa shape index (κ3) is 2.83. The third-order valence-electron chi connectivity index (χ3n) is 2.89. The summed E-state index contributed by atoms with van der Waals surface area (Å²) in [5, 5.41) is 8.13. The Hall–Kier alpha value is -2.13. The minimum Gasteiger partial charge on any atom is -0.282 e. The highest BCUT2D eigenvalue weighted by atomic mass is 35.5. The van der Waals surface area contributed by atoms with E-state index in [-0.39, 0.29) is 0 Å². The van der Waals surface area contributed by atoms with Crippen LogP contribution >= 0.6 is 11.6 Å². The maximum atomic E-state index is 5.98. The number of hydrogen-bond donors (Lipinski definition) is 1. The van der Waals surface area contributed by atoms with Gasteiger partial charge in [0.25, 0.3) is 0 Å². The number of pyridine rings is 1. The topological polar surface area (TPSA) is 41.6 Å². The highest BCUT2D eigenvalue weighted by Gasteiger charge is 2.04. The molecule has 0 unspecified atom stereocenters. The van der Waals surface area contributed by atoms with Gasteiger partial charge in [0.05, 0.1) is 5.69 Å². The molecule has 0 atom stereocenters. The third-order valence-corrected chi connectivity index (χ3v) is 3.13. The monoisotopic (exact) mass is 269 g/mol. The minimum absolute atomic E-state index is 0.756. The Labute approximate surface area is 116 Å². The molecule has 4 heteroatoms. The first kappa shape index (κ1) is 11.9. The van der Waals surface area contributed by atoms with Gasteiger partial charge in [-0.3, -0.25) is 10.1 Å². The molecule has 19 heavy (non-hydrogen) atoms. The van der Waals surface area contributed by atoms with Gasteiger partial charge in [0.2, 0.25) is 0 Å². The van der Waals surface area contributed by atoms with Crippen molar-refractivity contribution in [3.63, 3.8) is 0 Å². The highest BCUT2D eigenvalue weighted by molar-refractivity contribution is 6.30. The van der Waals surface area contributed by atoms with Crippen LogP contribution in [0.25, 0.3) is 11.3 Å². The van der Waals surface area contributed by atoms with E-state index in [2.05, 4.69) is 27.3 Å². The van der Waals surface area contributed by atoms with Gasteiger partial charge in [-0.15, -0.1) is 0 Å². The molecule has 0 spiro atoms. The van der Waals surface area contributed by atoms with Gasteiger partial charge in [-0.25, -0.2) is 0 Å². The number of aromatic amines is 1. The van der Waals surface area contributed by atoms with Crippen molar-refractivity contribution in [3.8, 4) is 11.3 Å². The van der Waals surface area contributed by atoms with Crippen LogP contribution in [0.5, 0.6) is 0 Å². The van der Waals surface area contributed by atoms with Gasteiger partial charge >= 0.3 is 0 Å². The van der Waals surface area contributed by atoms with Crippen molar-refractivity contribution in [2.24, 2.45) is 0 Å². The number of hydrogen-bond acceptors (Lipinski definition) is 2. The number of nitrogens with zero attached hydrogens (tertiary/aromatic N) is 2. The normalized spacial score (nSPS) is 10.6.